The summed E-state index contributed by atoms with van der Waals surface area (Å²) in [7, 11) is -3.52. The Morgan fingerprint density at radius 1 is 1.42 bits per heavy atom. The van der Waals surface area contributed by atoms with Crippen LogP contribution in [0.2, 0.25) is 0 Å². The molecule has 0 amide bonds. The molecule has 1 fully saturated rings. The summed E-state index contributed by atoms with van der Waals surface area (Å²) in [6, 6.07) is 8.87. The Morgan fingerprint density at radius 3 is 2.74 bits per heavy atom. The van der Waals surface area contributed by atoms with Crippen LogP contribution in [0.5, 0.6) is 0 Å². The number of carbonyl (C=O) groups is 1. The molecule has 2 atom stereocenters. The third kappa shape index (κ3) is 3.24. The summed E-state index contributed by atoms with van der Waals surface area (Å²) < 4.78 is 22.4. The molecule has 2 rings (SSSR count). The van der Waals surface area contributed by atoms with Gasteiger partial charge in [0.25, 0.3) is 0 Å². The summed E-state index contributed by atoms with van der Waals surface area (Å²) in [5.41, 5.74) is 4.38. The highest BCUT2D eigenvalue weighted by Gasteiger charge is 2.43. The summed E-state index contributed by atoms with van der Waals surface area (Å²) in [6.45, 7) is 3.82. The quantitative estimate of drug-likeness (QED) is 0.620. The van der Waals surface area contributed by atoms with Crippen molar-refractivity contribution in [3.63, 3.8) is 0 Å². The number of rotatable bonds is 3. The van der Waals surface area contributed by atoms with Crippen LogP contribution in [0.4, 0.5) is 0 Å². The van der Waals surface area contributed by atoms with E-state index < -0.39 is 19.7 Å². The Bertz CT molecular complexity index is 585. The minimum Gasteiger partial charge on any atom is -0.386 e. The van der Waals surface area contributed by atoms with E-state index in [2.05, 4.69) is 5.73 Å². The van der Waals surface area contributed by atoms with E-state index in [1.165, 1.54) is 5.82 Å². The lowest BCUT2D eigenvalue weighted by Crippen LogP contribution is -2.06. The molecule has 0 aliphatic carbocycles. The molecule has 1 saturated heterocycles. The van der Waals surface area contributed by atoms with Crippen LogP contribution in [0.3, 0.4) is 0 Å². The Kier molecular flexibility index (Phi) is 4.06. The minimum atomic E-state index is -3.52. The molecule has 0 spiro atoms. The zero-order valence-corrected chi connectivity index (χ0v) is 11.7. The monoisotopic (exact) mass is 278 g/mol. The second-order valence-corrected chi connectivity index (χ2v) is 5.98. The minimum absolute atomic E-state index is 0.623. The van der Waals surface area contributed by atoms with E-state index in [0.29, 0.717) is 5.56 Å². The number of hydrogen-bond acceptors (Lipinski definition) is 4. The van der Waals surface area contributed by atoms with Crippen molar-refractivity contribution in [3.8, 4) is 0 Å². The second-order valence-electron chi connectivity index (χ2n) is 4.25. The molecule has 1 aliphatic rings. The third-order valence-electron chi connectivity index (χ3n) is 2.79. The summed E-state index contributed by atoms with van der Waals surface area (Å²) >= 11 is 0. The standard InChI is InChI=1S/C14H15O4P/c1-3-11(2)9-10-19(16)17-13(14(15)18-19)12-7-5-4-6-8-12/h4-8,10,13H,3H2,1-2H3. The molecule has 19 heavy (non-hydrogen) atoms. The van der Waals surface area contributed by atoms with Crippen molar-refractivity contribution in [1.29, 1.82) is 0 Å². The van der Waals surface area contributed by atoms with E-state index in [1.54, 1.807) is 24.3 Å². The van der Waals surface area contributed by atoms with Gasteiger partial charge in [0.15, 0.2) is 6.10 Å². The average Bonchev–Trinajstić information content (AvgIpc) is 2.73. The van der Waals surface area contributed by atoms with Gasteiger partial charge in [-0.25, -0.2) is 9.36 Å². The van der Waals surface area contributed by atoms with Crippen LogP contribution in [-0.4, -0.2) is 5.97 Å². The van der Waals surface area contributed by atoms with Gasteiger partial charge in [0.05, 0.1) is 5.82 Å². The number of allylic oxidation sites excluding steroid dienone is 1. The van der Waals surface area contributed by atoms with Crippen LogP contribution in [0.15, 0.2) is 47.5 Å². The predicted octanol–water partition coefficient (Wildman–Crippen LogP) is 3.96. The van der Waals surface area contributed by atoms with Crippen molar-refractivity contribution in [2.24, 2.45) is 0 Å². The van der Waals surface area contributed by atoms with Gasteiger partial charge in [-0.2, -0.15) is 0 Å². The number of carbonyl (C=O) groups excluding carboxylic acids is 1. The molecule has 0 radical (unpaired) electrons. The molecular formula is C14H15O4P. The normalized spacial score (nSPS) is 25.6. The average molecular weight is 278 g/mol. The van der Waals surface area contributed by atoms with Gasteiger partial charge in [-0.05, 0) is 24.5 Å². The highest BCUT2D eigenvalue weighted by atomic mass is 31.2. The molecule has 0 N–H and O–H groups in total. The maximum atomic E-state index is 12.2. The van der Waals surface area contributed by atoms with Crippen LogP contribution in [0, 0.1) is 0 Å². The van der Waals surface area contributed by atoms with Gasteiger partial charge >= 0.3 is 13.6 Å². The summed E-state index contributed by atoms with van der Waals surface area (Å²) in [5.74, 6) is 0.605. The van der Waals surface area contributed by atoms with Gasteiger partial charge < -0.3 is 4.52 Å². The Labute approximate surface area is 112 Å². The van der Waals surface area contributed by atoms with Crippen LogP contribution >= 0.6 is 7.60 Å². The van der Waals surface area contributed by atoms with Gasteiger partial charge in [0.2, 0.25) is 0 Å². The SMILES string of the molecule is CCC(C)=C=CP1(=O)OC(=O)C(c2ccccc2)O1. The Morgan fingerprint density at radius 2 is 2.11 bits per heavy atom. The first-order valence-electron chi connectivity index (χ1n) is 6.04. The molecule has 1 heterocycles. The fourth-order valence-electron chi connectivity index (χ4n) is 1.56. The van der Waals surface area contributed by atoms with Gasteiger partial charge in [-0.1, -0.05) is 37.3 Å². The van der Waals surface area contributed by atoms with E-state index in [-0.39, 0.29) is 0 Å². The smallest absolute Gasteiger partial charge is 0.386 e. The third-order valence-corrected chi connectivity index (χ3v) is 4.17. The van der Waals surface area contributed by atoms with E-state index in [4.69, 9.17) is 9.05 Å². The molecule has 4 nitrogen and oxygen atoms in total. The molecule has 1 aromatic carbocycles. The first-order chi connectivity index (χ1) is 9.04. The highest BCUT2D eigenvalue weighted by molar-refractivity contribution is 7.58. The highest BCUT2D eigenvalue weighted by Crippen LogP contribution is 2.59. The molecular weight excluding hydrogens is 263 g/mol. The summed E-state index contributed by atoms with van der Waals surface area (Å²) in [4.78, 5) is 11.7. The summed E-state index contributed by atoms with van der Waals surface area (Å²) in [5, 5.41) is 0. The lowest BCUT2D eigenvalue weighted by atomic mass is 10.1. The largest absolute Gasteiger partial charge is 0.414 e. The zero-order valence-electron chi connectivity index (χ0n) is 10.8. The topological polar surface area (TPSA) is 52.6 Å². The van der Waals surface area contributed by atoms with Crippen LogP contribution in [0.25, 0.3) is 0 Å². The predicted molar refractivity (Wildman–Crippen MR) is 71.5 cm³/mol. The number of benzene rings is 1. The fraction of sp³-hybridized carbons (Fsp3) is 0.286. The van der Waals surface area contributed by atoms with Crippen molar-refractivity contribution >= 4 is 13.6 Å². The van der Waals surface area contributed by atoms with Crippen LogP contribution in [0.1, 0.15) is 31.9 Å². The van der Waals surface area contributed by atoms with Gasteiger partial charge in [-0.3, -0.25) is 4.52 Å². The van der Waals surface area contributed by atoms with Gasteiger partial charge in [0.1, 0.15) is 0 Å². The summed E-state index contributed by atoms with van der Waals surface area (Å²) in [6.07, 6.45) is -0.140. The Hall–Kier alpha value is -1.60. The maximum Gasteiger partial charge on any atom is 0.414 e. The van der Waals surface area contributed by atoms with E-state index in [0.717, 1.165) is 12.0 Å². The van der Waals surface area contributed by atoms with Crippen molar-refractivity contribution in [3.05, 3.63) is 53.0 Å². The fourth-order valence-corrected chi connectivity index (χ4v) is 2.94. The molecule has 2 unspecified atom stereocenters. The molecule has 5 heteroatoms. The van der Waals surface area contributed by atoms with E-state index >= 15 is 0 Å². The Balaban J connectivity index is 2.25. The van der Waals surface area contributed by atoms with Crippen molar-refractivity contribution < 1.29 is 18.4 Å². The van der Waals surface area contributed by atoms with Crippen LogP contribution < -0.4 is 0 Å². The van der Waals surface area contributed by atoms with Crippen LogP contribution in [-0.2, 0) is 18.4 Å². The first-order valence-corrected chi connectivity index (χ1v) is 7.65. The lowest BCUT2D eigenvalue weighted by Gasteiger charge is -2.05. The number of hydrogen-bond donors (Lipinski definition) is 0. The second kappa shape index (κ2) is 5.58. The molecule has 0 saturated carbocycles. The van der Waals surface area contributed by atoms with Gasteiger partial charge in [-0.15, -0.1) is 5.73 Å². The lowest BCUT2D eigenvalue weighted by molar-refractivity contribution is -0.136. The van der Waals surface area contributed by atoms with Gasteiger partial charge in [0, 0.05) is 0 Å². The molecule has 1 aliphatic heterocycles. The molecule has 0 aromatic heterocycles. The molecule has 0 bridgehead atoms. The maximum absolute atomic E-state index is 12.2. The molecule has 100 valence electrons. The van der Waals surface area contributed by atoms with Crippen molar-refractivity contribution in [2.45, 2.75) is 26.4 Å². The van der Waals surface area contributed by atoms with Crippen molar-refractivity contribution in [1.82, 2.24) is 0 Å². The first kappa shape index (κ1) is 13.8. The van der Waals surface area contributed by atoms with E-state index in [1.807, 2.05) is 19.9 Å². The van der Waals surface area contributed by atoms with E-state index in [9.17, 15) is 9.36 Å². The molecule has 1 aromatic rings. The zero-order chi connectivity index (χ0) is 13.9. The van der Waals surface area contributed by atoms with Crippen molar-refractivity contribution in [2.75, 3.05) is 0 Å².